The molecule has 0 aliphatic carbocycles. The molecule has 6 heteroatoms. The van der Waals surface area contributed by atoms with Crippen molar-refractivity contribution in [2.75, 3.05) is 25.5 Å². The second-order valence-corrected chi connectivity index (χ2v) is 5.50. The van der Waals surface area contributed by atoms with Crippen LogP contribution in [0.3, 0.4) is 0 Å². The van der Waals surface area contributed by atoms with E-state index in [0.717, 1.165) is 25.9 Å². The lowest BCUT2D eigenvalue weighted by Crippen LogP contribution is -2.47. The smallest absolute Gasteiger partial charge is 0.338 e. The van der Waals surface area contributed by atoms with Gasteiger partial charge in [-0.15, -0.1) is 0 Å². The summed E-state index contributed by atoms with van der Waals surface area (Å²) in [6.45, 7) is 3.57. The molecule has 1 aliphatic rings. The van der Waals surface area contributed by atoms with E-state index in [2.05, 4.69) is 15.5 Å². The van der Waals surface area contributed by atoms with Crippen molar-refractivity contribution in [2.24, 2.45) is 0 Å². The molecule has 0 spiro atoms. The van der Waals surface area contributed by atoms with E-state index in [1.807, 2.05) is 7.05 Å². The third kappa shape index (κ3) is 3.95. The van der Waals surface area contributed by atoms with Gasteiger partial charge in [0, 0.05) is 12.6 Å². The molecular weight excluding hydrogens is 270 g/mol. The predicted molar refractivity (Wildman–Crippen MR) is 80.8 cm³/mol. The lowest BCUT2D eigenvalue weighted by molar-refractivity contribution is 0.0697. The monoisotopic (exact) mass is 291 g/mol. The Morgan fingerprint density at radius 2 is 2.14 bits per heavy atom. The number of aryl methyl sites for hydroxylation is 1. The third-order valence-corrected chi connectivity index (χ3v) is 3.69. The molecule has 1 unspecified atom stereocenters. The number of benzene rings is 1. The zero-order valence-corrected chi connectivity index (χ0v) is 12.3. The molecule has 114 valence electrons. The Hall–Kier alpha value is -2.08. The number of rotatable bonds is 3. The molecule has 0 radical (unpaired) electrons. The van der Waals surface area contributed by atoms with Crippen LogP contribution in [0.25, 0.3) is 0 Å². The van der Waals surface area contributed by atoms with E-state index < -0.39 is 5.97 Å². The summed E-state index contributed by atoms with van der Waals surface area (Å²) >= 11 is 0. The van der Waals surface area contributed by atoms with Gasteiger partial charge >= 0.3 is 12.0 Å². The Morgan fingerprint density at radius 1 is 1.38 bits per heavy atom. The van der Waals surface area contributed by atoms with Gasteiger partial charge in [0.15, 0.2) is 0 Å². The minimum atomic E-state index is -1.04. The summed E-state index contributed by atoms with van der Waals surface area (Å²) in [5.74, 6) is -1.04. The number of hydrogen-bond acceptors (Lipinski definition) is 3. The Morgan fingerprint density at radius 3 is 2.81 bits per heavy atom. The lowest BCUT2D eigenvalue weighted by Gasteiger charge is -2.30. The first-order chi connectivity index (χ1) is 9.97. The molecule has 6 nitrogen and oxygen atoms in total. The Kier molecular flexibility index (Phi) is 4.80. The molecule has 1 fully saturated rings. The number of urea groups is 1. The molecule has 0 bridgehead atoms. The van der Waals surface area contributed by atoms with Gasteiger partial charge in [-0.1, -0.05) is 12.1 Å². The van der Waals surface area contributed by atoms with E-state index >= 15 is 0 Å². The summed E-state index contributed by atoms with van der Waals surface area (Å²) in [5.41, 5.74) is 1.08. The number of piperidine rings is 1. The average Bonchev–Trinajstić information content (AvgIpc) is 2.37. The SMILES string of the molecule is Cc1cccc(NC(=O)NC2CCCN(C)C2)c1C(=O)O. The molecule has 1 saturated heterocycles. The van der Waals surface area contributed by atoms with Crippen molar-refractivity contribution >= 4 is 17.7 Å². The highest BCUT2D eigenvalue weighted by Gasteiger charge is 2.20. The van der Waals surface area contributed by atoms with Crippen LogP contribution in [-0.4, -0.2) is 48.2 Å². The molecule has 1 heterocycles. The van der Waals surface area contributed by atoms with Crippen molar-refractivity contribution in [3.8, 4) is 0 Å². The number of carboxylic acids is 1. The number of hydrogen-bond donors (Lipinski definition) is 3. The number of likely N-dealkylation sites (tertiary alicyclic amines) is 1. The molecule has 1 atom stereocenters. The van der Waals surface area contributed by atoms with Crippen molar-refractivity contribution < 1.29 is 14.7 Å². The van der Waals surface area contributed by atoms with Crippen LogP contribution in [0.1, 0.15) is 28.8 Å². The van der Waals surface area contributed by atoms with Gasteiger partial charge in [-0.2, -0.15) is 0 Å². The Balaban J connectivity index is 2.03. The first kappa shape index (κ1) is 15.3. The number of amides is 2. The van der Waals surface area contributed by atoms with E-state index in [4.69, 9.17) is 0 Å². The lowest BCUT2D eigenvalue weighted by atomic mass is 10.1. The van der Waals surface area contributed by atoms with Crippen LogP contribution in [0.15, 0.2) is 18.2 Å². The van der Waals surface area contributed by atoms with Crippen molar-refractivity contribution in [3.05, 3.63) is 29.3 Å². The van der Waals surface area contributed by atoms with Gasteiger partial charge in [-0.05, 0) is 45.0 Å². The number of carbonyl (C=O) groups excluding carboxylic acids is 1. The van der Waals surface area contributed by atoms with Crippen molar-refractivity contribution in [2.45, 2.75) is 25.8 Å². The second kappa shape index (κ2) is 6.58. The molecule has 21 heavy (non-hydrogen) atoms. The number of nitrogens with zero attached hydrogens (tertiary/aromatic N) is 1. The highest BCUT2D eigenvalue weighted by Crippen LogP contribution is 2.19. The summed E-state index contributed by atoms with van der Waals surface area (Å²) in [7, 11) is 2.02. The topological polar surface area (TPSA) is 81.7 Å². The van der Waals surface area contributed by atoms with E-state index in [1.54, 1.807) is 25.1 Å². The summed E-state index contributed by atoms with van der Waals surface area (Å²) < 4.78 is 0. The minimum Gasteiger partial charge on any atom is -0.478 e. The largest absolute Gasteiger partial charge is 0.478 e. The molecule has 0 aromatic heterocycles. The number of carboxylic acid groups (broad SMARTS) is 1. The summed E-state index contributed by atoms with van der Waals surface area (Å²) in [5, 5.41) is 14.8. The maximum absolute atomic E-state index is 12.0. The van der Waals surface area contributed by atoms with Gasteiger partial charge in [0.25, 0.3) is 0 Å². The number of carbonyl (C=O) groups is 2. The van der Waals surface area contributed by atoms with Gasteiger partial charge in [0.1, 0.15) is 0 Å². The van der Waals surface area contributed by atoms with Crippen molar-refractivity contribution in [1.29, 1.82) is 0 Å². The first-order valence-corrected chi connectivity index (χ1v) is 7.06. The van der Waals surface area contributed by atoms with Crippen LogP contribution in [-0.2, 0) is 0 Å². The van der Waals surface area contributed by atoms with Crippen molar-refractivity contribution in [3.63, 3.8) is 0 Å². The van der Waals surface area contributed by atoms with Crippen molar-refractivity contribution in [1.82, 2.24) is 10.2 Å². The van der Waals surface area contributed by atoms with Gasteiger partial charge in [0.2, 0.25) is 0 Å². The molecule has 1 aromatic rings. The zero-order chi connectivity index (χ0) is 15.4. The minimum absolute atomic E-state index is 0.0989. The normalized spacial score (nSPS) is 19.0. The Labute approximate surface area is 124 Å². The number of nitrogens with one attached hydrogen (secondary N) is 2. The molecule has 1 aliphatic heterocycles. The van der Waals surface area contributed by atoms with Crippen LogP contribution in [0.4, 0.5) is 10.5 Å². The maximum atomic E-state index is 12.0. The van der Waals surface area contributed by atoms with Crippen LogP contribution in [0.2, 0.25) is 0 Å². The quantitative estimate of drug-likeness (QED) is 0.794. The maximum Gasteiger partial charge on any atom is 0.338 e. The van der Waals surface area contributed by atoms with E-state index in [-0.39, 0.29) is 17.6 Å². The number of anilines is 1. The van der Waals surface area contributed by atoms with Gasteiger partial charge in [-0.25, -0.2) is 9.59 Å². The van der Waals surface area contributed by atoms with Gasteiger partial charge in [0.05, 0.1) is 11.3 Å². The number of aromatic carboxylic acids is 1. The average molecular weight is 291 g/mol. The van der Waals surface area contributed by atoms with Gasteiger partial charge in [-0.3, -0.25) is 0 Å². The fraction of sp³-hybridized carbons (Fsp3) is 0.467. The zero-order valence-electron chi connectivity index (χ0n) is 12.3. The first-order valence-electron chi connectivity index (χ1n) is 7.06. The second-order valence-electron chi connectivity index (χ2n) is 5.50. The highest BCUT2D eigenvalue weighted by molar-refractivity contribution is 6.01. The van der Waals surface area contributed by atoms with E-state index in [0.29, 0.717) is 11.3 Å². The molecule has 0 saturated carbocycles. The summed E-state index contributed by atoms with van der Waals surface area (Å²) in [6, 6.07) is 4.78. The molecule has 3 N–H and O–H groups in total. The van der Waals surface area contributed by atoms with E-state index in [9.17, 15) is 14.7 Å². The predicted octanol–water partition coefficient (Wildman–Crippen LogP) is 1.91. The third-order valence-electron chi connectivity index (χ3n) is 3.69. The molecule has 2 amide bonds. The van der Waals surface area contributed by atoms with Gasteiger partial charge < -0.3 is 20.6 Å². The van der Waals surface area contributed by atoms with Crippen LogP contribution in [0.5, 0.6) is 0 Å². The number of likely N-dealkylation sites (N-methyl/N-ethyl adjacent to an activating group) is 1. The van der Waals surface area contributed by atoms with Crippen LogP contribution < -0.4 is 10.6 Å². The standard InChI is InChI=1S/C15H21N3O3/c1-10-5-3-7-12(13(10)14(19)20)17-15(21)16-11-6-4-8-18(2)9-11/h3,5,7,11H,4,6,8-9H2,1-2H3,(H,19,20)(H2,16,17,21). The molecular formula is C15H21N3O3. The van der Waals surface area contributed by atoms with Crippen LogP contribution >= 0.6 is 0 Å². The summed E-state index contributed by atoms with van der Waals surface area (Å²) in [6.07, 6.45) is 1.99. The fourth-order valence-electron chi connectivity index (χ4n) is 2.68. The molecule has 1 aromatic carbocycles. The van der Waals surface area contributed by atoms with Crippen LogP contribution in [0, 0.1) is 6.92 Å². The fourth-order valence-corrected chi connectivity index (χ4v) is 2.68. The molecule has 2 rings (SSSR count). The highest BCUT2D eigenvalue weighted by atomic mass is 16.4. The Bertz CT molecular complexity index is 545. The van der Waals surface area contributed by atoms with E-state index in [1.165, 1.54) is 0 Å². The summed E-state index contributed by atoms with van der Waals surface area (Å²) in [4.78, 5) is 25.5.